The van der Waals surface area contributed by atoms with Crippen molar-refractivity contribution < 1.29 is 9.50 Å². The van der Waals surface area contributed by atoms with Crippen molar-refractivity contribution in [2.24, 2.45) is 0 Å². The van der Waals surface area contributed by atoms with Gasteiger partial charge in [-0.3, -0.25) is 0 Å². The second kappa shape index (κ2) is 4.75. The van der Waals surface area contributed by atoms with E-state index in [1.807, 2.05) is 20.8 Å². The number of hydrogen-bond donors (Lipinski definition) is 2. The third kappa shape index (κ3) is 3.51. The molecule has 0 bridgehead atoms. The third-order valence-corrected chi connectivity index (χ3v) is 3.56. The molecule has 1 aromatic carbocycles. The average molecular weight is 239 g/mol. The SMILES string of the molecule is Cc1ccc(F)cc1CNC(C)(C)C(C)(C)O. The Balaban J connectivity index is 2.77. The van der Waals surface area contributed by atoms with Gasteiger partial charge in [0.1, 0.15) is 5.82 Å². The summed E-state index contributed by atoms with van der Waals surface area (Å²) >= 11 is 0. The van der Waals surface area contributed by atoms with E-state index in [-0.39, 0.29) is 5.82 Å². The van der Waals surface area contributed by atoms with Crippen LogP contribution in [0.1, 0.15) is 38.8 Å². The Morgan fingerprint density at radius 2 is 1.82 bits per heavy atom. The molecule has 0 aliphatic carbocycles. The van der Waals surface area contributed by atoms with Crippen LogP contribution in [0.25, 0.3) is 0 Å². The molecule has 0 aliphatic heterocycles. The molecule has 0 heterocycles. The molecule has 0 aliphatic rings. The lowest BCUT2D eigenvalue weighted by Gasteiger charge is -2.38. The van der Waals surface area contributed by atoms with E-state index in [1.54, 1.807) is 19.9 Å². The van der Waals surface area contributed by atoms with E-state index in [9.17, 15) is 9.50 Å². The van der Waals surface area contributed by atoms with Crippen LogP contribution in [0.3, 0.4) is 0 Å². The van der Waals surface area contributed by atoms with Gasteiger partial charge in [0.2, 0.25) is 0 Å². The fraction of sp³-hybridized carbons (Fsp3) is 0.571. The minimum atomic E-state index is -0.839. The van der Waals surface area contributed by atoms with Crippen LogP contribution in [0.15, 0.2) is 18.2 Å². The molecule has 2 N–H and O–H groups in total. The number of nitrogens with one attached hydrogen (secondary N) is 1. The Bertz CT molecular complexity index is 394. The first-order valence-corrected chi connectivity index (χ1v) is 5.86. The summed E-state index contributed by atoms with van der Waals surface area (Å²) < 4.78 is 13.1. The average Bonchev–Trinajstić information content (AvgIpc) is 2.18. The van der Waals surface area contributed by atoms with Gasteiger partial charge in [-0.2, -0.15) is 0 Å². The molecule has 3 heteroatoms. The summed E-state index contributed by atoms with van der Waals surface area (Å²) in [6.45, 7) is 9.88. The quantitative estimate of drug-likeness (QED) is 0.846. The van der Waals surface area contributed by atoms with Crippen molar-refractivity contribution in [2.75, 3.05) is 0 Å². The fourth-order valence-electron chi connectivity index (χ4n) is 1.36. The number of aryl methyl sites for hydroxylation is 1. The topological polar surface area (TPSA) is 32.3 Å². The lowest BCUT2D eigenvalue weighted by atomic mass is 9.86. The zero-order chi connectivity index (χ0) is 13.3. The van der Waals surface area contributed by atoms with E-state index in [2.05, 4.69) is 5.32 Å². The largest absolute Gasteiger partial charge is 0.389 e. The van der Waals surface area contributed by atoms with Gasteiger partial charge >= 0.3 is 0 Å². The van der Waals surface area contributed by atoms with Gasteiger partial charge < -0.3 is 10.4 Å². The van der Waals surface area contributed by atoms with Crippen molar-refractivity contribution in [1.29, 1.82) is 0 Å². The number of rotatable bonds is 4. The van der Waals surface area contributed by atoms with E-state index in [0.29, 0.717) is 6.54 Å². The second-order valence-electron chi connectivity index (χ2n) is 5.61. The van der Waals surface area contributed by atoms with Gasteiger partial charge in [-0.25, -0.2) is 4.39 Å². The highest BCUT2D eigenvalue weighted by Gasteiger charge is 2.34. The number of halogens is 1. The van der Waals surface area contributed by atoms with E-state index in [4.69, 9.17) is 0 Å². The normalized spacial score (nSPS) is 12.9. The van der Waals surface area contributed by atoms with Gasteiger partial charge in [0.25, 0.3) is 0 Å². The molecule has 1 aromatic rings. The first-order valence-electron chi connectivity index (χ1n) is 5.86. The van der Waals surface area contributed by atoms with Gasteiger partial charge in [0.05, 0.1) is 5.60 Å². The van der Waals surface area contributed by atoms with E-state index in [0.717, 1.165) is 11.1 Å². The Morgan fingerprint density at radius 3 is 2.35 bits per heavy atom. The van der Waals surface area contributed by atoms with Gasteiger partial charge in [-0.1, -0.05) is 6.07 Å². The highest BCUT2D eigenvalue weighted by atomic mass is 19.1. The van der Waals surface area contributed by atoms with E-state index >= 15 is 0 Å². The molecule has 0 saturated heterocycles. The van der Waals surface area contributed by atoms with Gasteiger partial charge in [-0.05, 0) is 57.9 Å². The summed E-state index contributed by atoms with van der Waals surface area (Å²) in [4.78, 5) is 0. The summed E-state index contributed by atoms with van der Waals surface area (Å²) in [7, 11) is 0. The first-order chi connectivity index (χ1) is 7.63. The fourth-order valence-corrected chi connectivity index (χ4v) is 1.36. The van der Waals surface area contributed by atoms with Gasteiger partial charge in [0.15, 0.2) is 0 Å². The maximum absolute atomic E-state index is 13.1. The van der Waals surface area contributed by atoms with Crippen LogP contribution in [0.5, 0.6) is 0 Å². The maximum Gasteiger partial charge on any atom is 0.123 e. The Labute approximate surface area is 103 Å². The molecule has 0 spiro atoms. The molecule has 96 valence electrons. The van der Waals surface area contributed by atoms with Gasteiger partial charge in [-0.15, -0.1) is 0 Å². The minimum absolute atomic E-state index is 0.228. The van der Waals surface area contributed by atoms with Crippen molar-refractivity contribution >= 4 is 0 Å². The van der Waals surface area contributed by atoms with Gasteiger partial charge in [0, 0.05) is 12.1 Å². The van der Waals surface area contributed by atoms with Crippen LogP contribution in [-0.2, 0) is 6.54 Å². The lowest BCUT2D eigenvalue weighted by Crippen LogP contribution is -2.55. The third-order valence-electron chi connectivity index (χ3n) is 3.56. The Hall–Kier alpha value is -0.930. The summed E-state index contributed by atoms with van der Waals surface area (Å²) in [5.74, 6) is -0.228. The minimum Gasteiger partial charge on any atom is -0.389 e. The van der Waals surface area contributed by atoms with Crippen LogP contribution in [0.4, 0.5) is 4.39 Å². The molecule has 2 nitrogen and oxygen atoms in total. The number of aliphatic hydroxyl groups is 1. The standard InChI is InChI=1S/C14H22FNO/c1-10-6-7-12(15)8-11(10)9-16-13(2,3)14(4,5)17/h6-8,16-17H,9H2,1-5H3. The lowest BCUT2D eigenvalue weighted by molar-refractivity contribution is -0.00534. The van der Waals surface area contributed by atoms with Crippen LogP contribution in [-0.4, -0.2) is 16.2 Å². The predicted molar refractivity (Wildman–Crippen MR) is 68.4 cm³/mol. The smallest absolute Gasteiger partial charge is 0.123 e. The predicted octanol–water partition coefficient (Wildman–Crippen LogP) is 2.77. The molecule has 0 saturated carbocycles. The van der Waals surface area contributed by atoms with E-state index in [1.165, 1.54) is 12.1 Å². The van der Waals surface area contributed by atoms with Crippen molar-refractivity contribution in [3.63, 3.8) is 0 Å². The molecule has 0 amide bonds. The highest BCUT2D eigenvalue weighted by Crippen LogP contribution is 2.21. The number of benzene rings is 1. The van der Waals surface area contributed by atoms with Crippen molar-refractivity contribution in [1.82, 2.24) is 5.32 Å². The van der Waals surface area contributed by atoms with Crippen LogP contribution >= 0.6 is 0 Å². The van der Waals surface area contributed by atoms with E-state index < -0.39 is 11.1 Å². The molecule has 0 unspecified atom stereocenters. The van der Waals surface area contributed by atoms with Crippen LogP contribution in [0, 0.1) is 12.7 Å². The molecule has 1 rings (SSSR count). The maximum atomic E-state index is 13.1. The molecule has 0 fully saturated rings. The zero-order valence-corrected chi connectivity index (χ0v) is 11.3. The molecule has 0 aromatic heterocycles. The molecule has 17 heavy (non-hydrogen) atoms. The second-order valence-corrected chi connectivity index (χ2v) is 5.61. The highest BCUT2D eigenvalue weighted by molar-refractivity contribution is 5.26. The van der Waals surface area contributed by atoms with Crippen molar-refractivity contribution in [3.8, 4) is 0 Å². The van der Waals surface area contributed by atoms with Crippen LogP contribution < -0.4 is 5.32 Å². The summed E-state index contributed by atoms with van der Waals surface area (Å²) in [5.41, 5.74) is 0.688. The summed E-state index contributed by atoms with van der Waals surface area (Å²) in [6, 6.07) is 4.76. The van der Waals surface area contributed by atoms with Crippen molar-refractivity contribution in [3.05, 3.63) is 35.1 Å². The Kier molecular flexibility index (Phi) is 3.95. The van der Waals surface area contributed by atoms with Crippen LogP contribution in [0.2, 0.25) is 0 Å². The summed E-state index contributed by atoms with van der Waals surface area (Å²) in [5, 5.41) is 13.3. The molecular formula is C14H22FNO. The molecule has 0 radical (unpaired) electrons. The molecular weight excluding hydrogens is 217 g/mol. The monoisotopic (exact) mass is 239 g/mol. The number of hydrogen-bond acceptors (Lipinski definition) is 2. The first kappa shape index (κ1) is 14.1. The molecule has 0 atom stereocenters. The van der Waals surface area contributed by atoms with Crippen molar-refractivity contribution in [2.45, 2.75) is 52.3 Å². The zero-order valence-electron chi connectivity index (χ0n) is 11.3. The summed E-state index contributed by atoms with van der Waals surface area (Å²) in [6.07, 6.45) is 0. The Morgan fingerprint density at radius 1 is 1.24 bits per heavy atom.